The zero-order valence-corrected chi connectivity index (χ0v) is 14.4. The number of pyridine rings is 1. The SMILES string of the molecule is Cc1cccc(C(=O)O[C@@H](C)C(=O)Nc2ncc(Cl)cc2Cl)c1O. The van der Waals surface area contributed by atoms with Crippen LogP contribution in [0.15, 0.2) is 30.5 Å². The molecule has 0 radical (unpaired) electrons. The topological polar surface area (TPSA) is 88.5 Å². The number of aromatic hydroxyl groups is 1. The Morgan fingerprint density at radius 2 is 2.04 bits per heavy atom. The summed E-state index contributed by atoms with van der Waals surface area (Å²) in [5.74, 6) is -1.51. The Morgan fingerprint density at radius 1 is 1.33 bits per heavy atom. The second kappa shape index (κ2) is 7.51. The van der Waals surface area contributed by atoms with Gasteiger partial charge in [-0.15, -0.1) is 0 Å². The number of ether oxygens (including phenoxy) is 1. The van der Waals surface area contributed by atoms with Crippen LogP contribution < -0.4 is 5.32 Å². The summed E-state index contributed by atoms with van der Waals surface area (Å²) in [6.45, 7) is 3.04. The van der Waals surface area contributed by atoms with Crippen molar-refractivity contribution in [1.82, 2.24) is 4.98 Å². The summed E-state index contributed by atoms with van der Waals surface area (Å²) in [6.07, 6.45) is 0.204. The molecule has 0 bridgehead atoms. The number of carbonyl (C=O) groups is 2. The van der Waals surface area contributed by atoms with Gasteiger partial charge in [0.15, 0.2) is 11.9 Å². The molecular formula is C16H14Cl2N2O4. The van der Waals surface area contributed by atoms with Crippen LogP contribution >= 0.6 is 23.2 Å². The third-order valence-corrected chi connectivity index (χ3v) is 3.65. The zero-order valence-electron chi connectivity index (χ0n) is 12.8. The van der Waals surface area contributed by atoms with Crippen LogP contribution in [0.25, 0.3) is 0 Å². The number of phenols is 1. The fourth-order valence-electron chi connectivity index (χ4n) is 1.83. The minimum Gasteiger partial charge on any atom is -0.507 e. The molecule has 2 N–H and O–H groups in total. The maximum absolute atomic E-state index is 12.1. The normalized spacial score (nSPS) is 11.7. The Kier molecular flexibility index (Phi) is 5.64. The maximum Gasteiger partial charge on any atom is 0.342 e. The fourth-order valence-corrected chi connectivity index (χ4v) is 2.25. The molecule has 1 amide bonds. The quantitative estimate of drug-likeness (QED) is 0.805. The van der Waals surface area contributed by atoms with E-state index in [2.05, 4.69) is 10.3 Å². The summed E-state index contributed by atoms with van der Waals surface area (Å²) in [4.78, 5) is 28.0. The Morgan fingerprint density at radius 3 is 2.71 bits per heavy atom. The number of nitrogens with one attached hydrogen (secondary N) is 1. The third kappa shape index (κ3) is 4.15. The standard InChI is InChI=1S/C16H14Cl2N2O4/c1-8-4-3-5-11(13(8)21)16(23)24-9(2)15(22)20-14-12(18)6-10(17)7-19-14/h3-7,9,21H,1-2H3,(H,19,20,22)/t9-/m0/s1. The summed E-state index contributed by atoms with van der Waals surface area (Å²) in [5.41, 5.74) is 0.510. The van der Waals surface area contributed by atoms with E-state index in [1.807, 2.05) is 0 Å². The second-order valence-corrected chi connectivity index (χ2v) is 5.84. The van der Waals surface area contributed by atoms with Gasteiger partial charge < -0.3 is 15.2 Å². The van der Waals surface area contributed by atoms with Gasteiger partial charge in [0, 0.05) is 6.20 Å². The molecule has 24 heavy (non-hydrogen) atoms. The van der Waals surface area contributed by atoms with E-state index in [1.165, 1.54) is 25.3 Å². The predicted octanol–water partition coefficient (Wildman–Crippen LogP) is 3.59. The van der Waals surface area contributed by atoms with Crippen molar-refractivity contribution in [3.8, 4) is 5.75 Å². The molecule has 0 saturated carbocycles. The number of hydrogen-bond donors (Lipinski definition) is 2. The zero-order chi connectivity index (χ0) is 17.9. The van der Waals surface area contributed by atoms with E-state index in [-0.39, 0.29) is 22.2 Å². The molecule has 0 fully saturated rings. The first-order valence-electron chi connectivity index (χ1n) is 6.91. The number of benzene rings is 1. The Bertz CT molecular complexity index is 796. The van der Waals surface area contributed by atoms with Gasteiger partial charge >= 0.3 is 5.97 Å². The molecular weight excluding hydrogens is 355 g/mol. The van der Waals surface area contributed by atoms with Gasteiger partial charge in [-0.3, -0.25) is 4.79 Å². The lowest BCUT2D eigenvalue weighted by Gasteiger charge is -2.14. The number of hydrogen-bond acceptors (Lipinski definition) is 5. The summed E-state index contributed by atoms with van der Waals surface area (Å²) < 4.78 is 5.06. The number of halogens is 2. The van der Waals surface area contributed by atoms with Crippen molar-refractivity contribution in [3.05, 3.63) is 51.6 Å². The first-order chi connectivity index (χ1) is 11.3. The van der Waals surface area contributed by atoms with Gasteiger partial charge in [0.1, 0.15) is 11.3 Å². The van der Waals surface area contributed by atoms with E-state index in [0.717, 1.165) is 0 Å². The largest absolute Gasteiger partial charge is 0.507 e. The summed E-state index contributed by atoms with van der Waals surface area (Å²) in [6, 6.07) is 6.09. The molecule has 1 aromatic carbocycles. The molecule has 0 aliphatic carbocycles. The van der Waals surface area contributed by atoms with Crippen LogP contribution in [0, 0.1) is 6.92 Å². The number of carbonyl (C=O) groups excluding carboxylic acids is 2. The number of rotatable bonds is 4. The van der Waals surface area contributed by atoms with Crippen LogP contribution in [0.5, 0.6) is 5.75 Å². The highest BCUT2D eigenvalue weighted by Crippen LogP contribution is 2.24. The summed E-state index contributed by atoms with van der Waals surface area (Å²) >= 11 is 11.6. The summed E-state index contributed by atoms with van der Waals surface area (Å²) in [5, 5.41) is 12.8. The van der Waals surface area contributed by atoms with E-state index >= 15 is 0 Å². The molecule has 6 nitrogen and oxygen atoms in total. The van der Waals surface area contributed by atoms with Gasteiger partial charge in [-0.1, -0.05) is 35.3 Å². The van der Waals surface area contributed by atoms with Gasteiger partial charge in [0.25, 0.3) is 5.91 Å². The van der Waals surface area contributed by atoms with Crippen LogP contribution in [0.4, 0.5) is 5.82 Å². The molecule has 0 unspecified atom stereocenters. The molecule has 0 saturated heterocycles. The van der Waals surface area contributed by atoms with Crippen LogP contribution in [0.2, 0.25) is 10.0 Å². The molecule has 126 valence electrons. The molecule has 0 spiro atoms. The number of amides is 1. The van der Waals surface area contributed by atoms with E-state index in [0.29, 0.717) is 10.6 Å². The molecule has 0 aliphatic rings. The van der Waals surface area contributed by atoms with Crippen LogP contribution in [0.3, 0.4) is 0 Å². The van der Waals surface area contributed by atoms with Crippen molar-refractivity contribution in [2.24, 2.45) is 0 Å². The number of anilines is 1. The van der Waals surface area contributed by atoms with Crippen LogP contribution in [-0.4, -0.2) is 28.1 Å². The van der Waals surface area contributed by atoms with E-state index in [9.17, 15) is 14.7 Å². The lowest BCUT2D eigenvalue weighted by molar-refractivity contribution is -0.123. The molecule has 1 heterocycles. The molecule has 2 aromatic rings. The highest BCUT2D eigenvalue weighted by atomic mass is 35.5. The van der Waals surface area contributed by atoms with Crippen molar-refractivity contribution in [2.45, 2.75) is 20.0 Å². The second-order valence-electron chi connectivity index (χ2n) is 4.99. The lowest BCUT2D eigenvalue weighted by atomic mass is 10.1. The number of aromatic nitrogens is 1. The number of phenolic OH excluding ortho intramolecular Hbond substituents is 1. The monoisotopic (exact) mass is 368 g/mol. The van der Waals surface area contributed by atoms with E-state index in [4.69, 9.17) is 27.9 Å². The van der Waals surface area contributed by atoms with Crippen LogP contribution in [0.1, 0.15) is 22.8 Å². The minimum atomic E-state index is -1.12. The molecule has 1 atom stereocenters. The van der Waals surface area contributed by atoms with Crippen molar-refractivity contribution in [1.29, 1.82) is 0 Å². The average molecular weight is 369 g/mol. The smallest absolute Gasteiger partial charge is 0.342 e. The van der Waals surface area contributed by atoms with Crippen molar-refractivity contribution < 1.29 is 19.4 Å². The number of nitrogens with zero attached hydrogens (tertiary/aromatic N) is 1. The van der Waals surface area contributed by atoms with Gasteiger partial charge in [0.05, 0.1) is 10.0 Å². The van der Waals surface area contributed by atoms with Gasteiger partial charge in [-0.25, -0.2) is 9.78 Å². The average Bonchev–Trinajstić information content (AvgIpc) is 2.52. The molecule has 0 aliphatic heterocycles. The van der Waals surface area contributed by atoms with Crippen molar-refractivity contribution in [3.63, 3.8) is 0 Å². The Labute approximate surface area is 148 Å². The van der Waals surface area contributed by atoms with Crippen LogP contribution in [-0.2, 0) is 9.53 Å². The summed E-state index contributed by atoms with van der Waals surface area (Å²) in [7, 11) is 0. The first kappa shape index (κ1) is 18.0. The Hall–Kier alpha value is -2.31. The van der Waals surface area contributed by atoms with Gasteiger partial charge in [-0.05, 0) is 31.5 Å². The molecule has 1 aromatic heterocycles. The third-order valence-electron chi connectivity index (χ3n) is 3.16. The predicted molar refractivity (Wildman–Crippen MR) is 90.6 cm³/mol. The highest BCUT2D eigenvalue weighted by molar-refractivity contribution is 6.36. The lowest BCUT2D eigenvalue weighted by Crippen LogP contribution is -2.30. The Balaban J connectivity index is 2.06. The number of aryl methyl sites for hydroxylation is 1. The maximum atomic E-state index is 12.1. The van der Waals surface area contributed by atoms with Crippen molar-refractivity contribution in [2.75, 3.05) is 5.32 Å². The van der Waals surface area contributed by atoms with E-state index in [1.54, 1.807) is 19.1 Å². The van der Waals surface area contributed by atoms with Crippen molar-refractivity contribution >= 4 is 40.9 Å². The fraction of sp³-hybridized carbons (Fsp3) is 0.188. The minimum absolute atomic E-state index is 0.0164. The number of para-hydroxylation sites is 1. The van der Waals surface area contributed by atoms with Gasteiger partial charge in [0.2, 0.25) is 0 Å². The highest BCUT2D eigenvalue weighted by Gasteiger charge is 2.22. The first-order valence-corrected chi connectivity index (χ1v) is 7.66. The molecule has 8 heteroatoms. The van der Waals surface area contributed by atoms with Gasteiger partial charge in [-0.2, -0.15) is 0 Å². The molecule has 2 rings (SSSR count). The number of esters is 1. The van der Waals surface area contributed by atoms with E-state index < -0.39 is 18.0 Å².